The molecule has 110 valence electrons. The highest BCUT2D eigenvalue weighted by atomic mass is 16.5. The zero-order chi connectivity index (χ0) is 15.4. The van der Waals surface area contributed by atoms with Gasteiger partial charge in [0.1, 0.15) is 5.69 Å². The van der Waals surface area contributed by atoms with Crippen molar-refractivity contribution in [2.45, 2.75) is 6.92 Å². The molecular weight excluding hydrogens is 280 g/mol. The monoisotopic (exact) mass is 294 g/mol. The normalized spacial score (nSPS) is 10.4. The lowest BCUT2D eigenvalue weighted by Gasteiger charge is -2.00. The van der Waals surface area contributed by atoms with E-state index in [1.807, 2.05) is 36.4 Å². The van der Waals surface area contributed by atoms with Crippen LogP contribution < -0.4 is 0 Å². The highest BCUT2D eigenvalue weighted by Crippen LogP contribution is 2.29. The Kier molecular flexibility index (Phi) is 3.96. The number of ether oxygens (including phenoxy) is 1. The second-order valence-corrected chi connectivity index (χ2v) is 4.50. The standard InChI is InChI=1S/C17H14N2O3/c1-2-21-17(20)14-15(13-10-6-7-11-18-13)22-16(19-14)12-8-4-3-5-9-12/h3-11H,2H2,1H3. The van der Waals surface area contributed by atoms with Crippen LogP contribution in [0.25, 0.3) is 22.9 Å². The second-order valence-electron chi connectivity index (χ2n) is 4.50. The number of hydrogen-bond donors (Lipinski definition) is 0. The van der Waals surface area contributed by atoms with Crippen molar-refractivity contribution in [3.8, 4) is 22.9 Å². The summed E-state index contributed by atoms with van der Waals surface area (Å²) in [6.45, 7) is 2.02. The quantitative estimate of drug-likeness (QED) is 0.688. The van der Waals surface area contributed by atoms with Gasteiger partial charge in [-0.15, -0.1) is 0 Å². The SMILES string of the molecule is CCOC(=O)c1nc(-c2ccccc2)oc1-c1ccccn1. The lowest BCUT2D eigenvalue weighted by molar-refractivity contribution is 0.0520. The Morgan fingerprint density at radius 1 is 1.14 bits per heavy atom. The minimum Gasteiger partial charge on any atom is -0.461 e. The lowest BCUT2D eigenvalue weighted by atomic mass is 10.2. The molecule has 0 spiro atoms. The number of rotatable bonds is 4. The molecule has 2 aromatic heterocycles. The highest BCUT2D eigenvalue weighted by Gasteiger charge is 2.23. The van der Waals surface area contributed by atoms with Gasteiger partial charge in [-0.2, -0.15) is 0 Å². The Morgan fingerprint density at radius 2 is 1.91 bits per heavy atom. The van der Waals surface area contributed by atoms with Gasteiger partial charge in [0.25, 0.3) is 0 Å². The van der Waals surface area contributed by atoms with Crippen LogP contribution in [0.3, 0.4) is 0 Å². The van der Waals surface area contributed by atoms with Gasteiger partial charge in [0, 0.05) is 11.8 Å². The van der Waals surface area contributed by atoms with Gasteiger partial charge < -0.3 is 9.15 Å². The summed E-state index contributed by atoms with van der Waals surface area (Å²) in [5, 5.41) is 0. The summed E-state index contributed by atoms with van der Waals surface area (Å²) in [4.78, 5) is 20.6. The second kappa shape index (κ2) is 6.22. The molecule has 0 aliphatic heterocycles. The van der Waals surface area contributed by atoms with E-state index in [1.165, 1.54) is 0 Å². The van der Waals surface area contributed by atoms with Crippen LogP contribution in [-0.2, 0) is 4.74 Å². The van der Waals surface area contributed by atoms with Crippen LogP contribution in [0.1, 0.15) is 17.4 Å². The van der Waals surface area contributed by atoms with Crippen molar-refractivity contribution in [2.24, 2.45) is 0 Å². The molecule has 1 aromatic carbocycles. The molecule has 0 saturated heterocycles. The average Bonchev–Trinajstić information content (AvgIpc) is 3.02. The van der Waals surface area contributed by atoms with Crippen LogP contribution in [0, 0.1) is 0 Å². The molecule has 0 unspecified atom stereocenters. The van der Waals surface area contributed by atoms with E-state index in [0.717, 1.165) is 5.56 Å². The average molecular weight is 294 g/mol. The zero-order valence-electron chi connectivity index (χ0n) is 12.0. The summed E-state index contributed by atoms with van der Waals surface area (Å²) in [6.07, 6.45) is 1.63. The van der Waals surface area contributed by atoms with Gasteiger partial charge >= 0.3 is 5.97 Å². The summed E-state index contributed by atoms with van der Waals surface area (Å²) in [7, 11) is 0. The molecule has 0 N–H and O–H groups in total. The molecule has 5 heteroatoms. The van der Waals surface area contributed by atoms with Crippen LogP contribution >= 0.6 is 0 Å². The number of esters is 1. The van der Waals surface area contributed by atoms with E-state index in [9.17, 15) is 4.79 Å². The minimum atomic E-state index is -0.519. The molecule has 0 amide bonds. The van der Waals surface area contributed by atoms with E-state index in [4.69, 9.17) is 9.15 Å². The van der Waals surface area contributed by atoms with Crippen molar-refractivity contribution < 1.29 is 13.9 Å². The zero-order valence-corrected chi connectivity index (χ0v) is 12.0. The summed E-state index contributed by atoms with van der Waals surface area (Å²) in [6, 6.07) is 14.8. The maximum absolute atomic E-state index is 12.1. The number of carbonyl (C=O) groups is 1. The van der Waals surface area contributed by atoms with E-state index < -0.39 is 5.97 Å². The van der Waals surface area contributed by atoms with Crippen molar-refractivity contribution in [1.29, 1.82) is 0 Å². The van der Waals surface area contributed by atoms with Crippen LogP contribution in [0.4, 0.5) is 0 Å². The van der Waals surface area contributed by atoms with Gasteiger partial charge in [0.15, 0.2) is 11.5 Å². The Balaban J connectivity index is 2.11. The maximum atomic E-state index is 12.1. The van der Waals surface area contributed by atoms with Gasteiger partial charge in [-0.3, -0.25) is 4.98 Å². The summed E-state index contributed by atoms with van der Waals surface area (Å²) in [5.41, 5.74) is 1.47. The Morgan fingerprint density at radius 3 is 2.59 bits per heavy atom. The van der Waals surface area contributed by atoms with E-state index in [-0.39, 0.29) is 12.3 Å². The number of oxazole rings is 1. The molecule has 0 atom stereocenters. The summed E-state index contributed by atoms with van der Waals surface area (Å²) >= 11 is 0. The molecule has 2 heterocycles. The van der Waals surface area contributed by atoms with Crippen molar-refractivity contribution >= 4 is 5.97 Å². The number of hydrogen-bond acceptors (Lipinski definition) is 5. The fraction of sp³-hybridized carbons (Fsp3) is 0.118. The Bertz CT molecular complexity index is 767. The fourth-order valence-electron chi connectivity index (χ4n) is 2.03. The van der Waals surface area contributed by atoms with Gasteiger partial charge in [0.05, 0.1) is 6.61 Å². The van der Waals surface area contributed by atoms with Crippen molar-refractivity contribution in [1.82, 2.24) is 9.97 Å². The summed E-state index contributed by atoms with van der Waals surface area (Å²) < 4.78 is 10.8. The predicted molar refractivity (Wildman–Crippen MR) is 81.1 cm³/mol. The number of carbonyl (C=O) groups excluding carboxylic acids is 1. The first kappa shape index (κ1) is 14.0. The largest absolute Gasteiger partial charge is 0.461 e. The third-order valence-electron chi connectivity index (χ3n) is 3.01. The highest BCUT2D eigenvalue weighted by molar-refractivity contribution is 5.93. The smallest absolute Gasteiger partial charge is 0.361 e. The maximum Gasteiger partial charge on any atom is 0.361 e. The number of aromatic nitrogens is 2. The van der Waals surface area contributed by atoms with Crippen molar-refractivity contribution in [3.05, 3.63) is 60.4 Å². The van der Waals surface area contributed by atoms with E-state index in [1.54, 1.807) is 25.3 Å². The number of nitrogens with zero attached hydrogens (tertiary/aromatic N) is 2. The van der Waals surface area contributed by atoms with E-state index in [2.05, 4.69) is 9.97 Å². The fourth-order valence-corrected chi connectivity index (χ4v) is 2.03. The third kappa shape index (κ3) is 2.74. The van der Waals surface area contributed by atoms with E-state index in [0.29, 0.717) is 17.3 Å². The molecule has 0 aliphatic carbocycles. The molecule has 0 bridgehead atoms. The van der Waals surface area contributed by atoms with Crippen molar-refractivity contribution in [3.63, 3.8) is 0 Å². The number of pyridine rings is 1. The van der Waals surface area contributed by atoms with Crippen molar-refractivity contribution in [2.75, 3.05) is 6.61 Å². The predicted octanol–water partition coefficient (Wildman–Crippen LogP) is 3.58. The molecule has 3 rings (SSSR count). The molecule has 0 saturated carbocycles. The summed E-state index contributed by atoms with van der Waals surface area (Å²) in [5.74, 6) is 0.163. The molecule has 0 fully saturated rings. The molecule has 5 nitrogen and oxygen atoms in total. The van der Waals surface area contributed by atoms with Gasteiger partial charge in [-0.1, -0.05) is 24.3 Å². The number of benzene rings is 1. The minimum absolute atomic E-state index is 0.138. The van der Waals surface area contributed by atoms with Gasteiger partial charge in [-0.05, 0) is 31.2 Å². The van der Waals surface area contributed by atoms with E-state index >= 15 is 0 Å². The first-order valence-electron chi connectivity index (χ1n) is 6.94. The molecule has 22 heavy (non-hydrogen) atoms. The first-order valence-corrected chi connectivity index (χ1v) is 6.94. The van der Waals surface area contributed by atoms with Gasteiger partial charge in [-0.25, -0.2) is 9.78 Å². The molecule has 3 aromatic rings. The van der Waals surface area contributed by atoms with Crippen LogP contribution in [0.2, 0.25) is 0 Å². The Hall–Kier alpha value is -2.95. The first-order chi connectivity index (χ1) is 10.8. The third-order valence-corrected chi connectivity index (χ3v) is 3.01. The topological polar surface area (TPSA) is 65.2 Å². The molecule has 0 aliphatic rings. The van der Waals surface area contributed by atoms with Gasteiger partial charge in [0.2, 0.25) is 5.89 Å². The molecular formula is C17H14N2O3. The van der Waals surface area contributed by atoms with Crippen LogP contribution in [0.15, 0.2) is 59.1 Å². The molecule has 0 radical (unpaired) electrons. The Labute approximate surface area is 127 Å². The lowest BCUT2D eigenvalue weighted by Crippen LogP contribution is -2.06. The van der Waals surface area contributed by atoms with Crippen LogP contribution in [-0.4, -0.2) is 22.5 Å². The van der Waals surface area contributed by atoms with Crippen LogP contribution in [0.5, 0.6) is 0 Å².